The van der Waals surface area contributed by atoms with E-state index in [1.807, 2.05) is 73.3 Å². The van der Waals surface area contributed by atoms with Crippen molar-refractivity contribution in [2.45, 2.75) is 38.8 Å². The molecule has 6 nitrogen and oxygen atoms in total. The number of hydrogen-bond acceptors (Lipinski definition) is 3. The van der Waals surface area contributed by atoms with Crippen LogP contribution in [0.2, 0.25) is 0 Å². The number of carbonyl (C=O) groups is 2. The summed E-state index contributed by atoms with van der Waals surface area (Å²) < 4.78 is 5.86. The lowest BCUT2D eigenvalue weighted by atomic mass is 9.95. The third kappa shape index (κ3) is 4.27. The zero-order valence-electron chi connectivity index (χ0n) is 17.6. The van der Waals surface area contributed by atoms with Crippen LogP contribution in [0, 0.1) is 5.92 Å². The predicted octanol–water partition coefficient (Wildman–Crippen LogP) is 3.98. The number of urea groups is 1. The second-order valence-corrected chi connectivity index (χ2v) is 8.19. The van der Waals surface area contributed by atoms with Crippen LogP contribution < -0.4 is 15.0 Å². The molecular formula is C24H29N3O3. The first-order valence-electron chi connectivity index (χ1n) is 10.7. The Morgan fingerprint density at radius 2 is 1.70 bits per heavy atom. The van der Waals surface area contributed by atoms with Crippen molar-refractivity contribution in [1.29, 1.82) is 0 Å². The quantitative estimate of drug-likeness (QED) is 0.837. The van der Waals surface area contributed by atoms with Gasteiger partial charge in [-0.25, -0.2) is 4.79 Å². The van der Waals surface area contributed by atoms with Crippen molar-refractivity contribution >= 4 is 17.6 Å². The number of hydrogen-bond donors (Lipinski definition) is 1. The number of nitrogens with zero attached hydrogens (tertiary/aromatic N) is 2. The zero-order chi connectivity index (χ0) is 21.1. The molecule has 6 heteroatoms. The molecule has 3 amide bonds. The van der Waals surface area contributed by atoms with Gasteiger partial charge in [0.1, 0.15) is 11.9 Å². The van der Waals surface area contributed by atoms with E-state index in [-0.39, 0.29) is 30.0 Å². The Kier molecular flexibility index (Phi) is 5.93. The SMILES string of the molecule is C[C@H](NC(=O)C1CCN(C(=O)N2C[C@H](C)Oc3ccccc32)CC1)c1ccccc1. The number of para-hydroxylation sites is 2. The van der Waals surface area contributed by atoms with E-state index in [4.69, 9.17) is 4.74 Å². The normalized spacial score (nSPS) is 20.1. The lowest BCUT2D eigenvalue weighted by molar-refractivity contribution is -0.126. The number of benzene rings is 2. The molecule has 1 saturated heterocycles. The first-order valence-corrected chi connectivity index (χ1v) is 10.7. The van der Waals surface area contributed by atoms with E-state index in [2.05, 4.69) is 5.32 Å². The Bertz CT molecular complexity index is 894. The Morgan fingerprint density at radius 1 is 1.03 bits per heavy atom. The molecule has 0 spiro atoms. The number of nitrogens with one attached hydrogen (secondary N) is 1. The van der Waals surface area contributed by atoms with Crippen molar-refractivity contribution in [2.24, 2.45) is 5.92 Å². The topological polar surface area (TPSA) is 61.9 Å². The van der Waals surface area contributed by atoms with Crippen molar-refractivity contribution in [3.05, 3.63) is 60.2 Å². The summed E-state index contributed by atoms with van der Waals surface area (Å²) in [5.41, 5.74) is 1.91. The molecule has 0 unspecified atom stereocenters. The van der Waals surface area contributed by atoms with Crippen LogP contribution in [0.25, 0.3) is 0 Å². The van der Waals surface area contributed by atoms with Crippen LogP contribution in [0.15, 0.2) is 54.6 Å². The third-order valence-electron chi connectivity index (χ3n) is 5.95. The molecule has 4 rings (SSSR count). The molecular weight excluding hydrogens is 378 g/mol. The number of piperidine rings is 1. The number of amides is 3. The van der Waals surface area contributed by atoms with Gasteiger partial charge in [-0.2, -0.15) is 0 Å². The van der Waals surface area contributed by atoms with E-state index in [9.17, 15) is 9.59 Å². The fourth-order valence-electron chi connectivity index (χ4n) is 4.23. The minimum Gasteiger partial charge on any atom is -0.487 e. The van der Waals surface area contributed by atoms with Crippen LogP contribution in [-0.2, 0) is 4.79 Å². The van der Waals surface area contributed by atoms with Gasteiger partial charge in [0.15, 0.2) is 0 Å². The van der Waals surface area contributed by atoms with Gasteiger partial charge >= 0.3 is 6.03 Å². The van der Waals surface area contributed by atoms with Crippen LogP contribution in [0.3, 0.4) is 0 Å². The molecule has 2 heterocycles. The molecule has 0 saturated carbocycles. The number of carbonyl (C=O) groups excluding carboxylic acids is 2. The minimum atomic E-state index is -0.0592. The molecule has 0 aliphatic carbocycles. The van der Waals surface area contributed by atoms with Gasteiger partial charge in [-0.3, -0.25) is 9.69 Å². The van der Waals surface area contributed by atoms with E-state index in [0.29, 0.717) is 32.5 Å². The number of rotatable bonds is 3. The van der Waals surface area contributed by atoms with Crippen LogP contribution in [0.1, 0.15) is 38.3 Å². The summed E-state index contributed by atoms with van der Waals surface area (Å²) >= 11 is 0. The maximum atomic E-state index is 13.2. The second-order valence-electron chi connectivity index (χ2n) is 8.19. The van der Waals surface area contributed by atoms with E-state index < -0.39 is 0 Å². The average molecular weight is 408 g/mol. The lowest BCUT2D eigenvalue weighted by Gasteiger charge is -2.39. The highest BCUT2D eigenvalue weighted by Gasteiger charge is 2.34. The molecule has 30 heavy (non-hydrogen) atoms. The van der Waals surface area contributed by atoms with Gasteiger partial charge in [0.05, 0.1) is 18.3 Å². The van der Waals surface area contributed by atoms with Gasteiger partial charge in [-0.1, -0.05) is 42.5 Å². The first kappa shape index (κ1) is 20.3. The van der Waals surface area contributed by atoms with Crippen molar-refractivity contribution in [3.63, 3.8) is 0 Å². The molecule has 2 aliphatic heterocycles. The fraction of sp³-hybridized carbons (Fsp3) is 0.417. The number of ether oxygens (including phenoxy) is 1. The highest BCUT2D eigenvalue weighted by molar-refractivity contribution is 5.94. The molecule has 2 aliphatic rings. The molecule has 0 bridgehead atoms. The largest absolute Gasteiger partial charge is 0.487 e. The second kappa shape index (κ2) is 8.78. The van der Waals surface area contributed by atoms with Crippen LogP contribution in [-0.4, -0.2) is 42.6 Å². The average Bonchev–Trinajstić information content (AvgIpc) is 2.78. The Hall–Kier alpha value is -3.02. The van der Waals surface area contributed by atoms with E-state index in [1.54, 1.807) is 4.90 Å². The third-order valence-corrected chi connectivity index (χ3v) is 5.95. The van der Waals surface area contributed by atoms with Crippen LogP contribution >= 0.6 is 0 Å². The van der Waals surface area contributed by atoms with Crippen LogP contribution in [0.5, 0.6) is 5.75 Å². The molecule has 2 atom stereocenters. The molecule has 1 N–H and O–H groups in total. The van der Waals surface area contributed by atoms with Crippen LogP contribution in [0.4, 0.5) is 10.5 Å². The molecule has 158 valence electrons. The number of anilines is 1. The van der Waals surface area contributed by atoms with Gasteiger partial charge in [0, 0.05) is 19.0 Å². The smallest absolute Gasteiger partial charge is 0.324 e. The first-order chi connectivity index (χ1) is 14.5. The van der Waals surface area contributed by atoms with Gasteiger partial charge in [0.25, 0.3) is 0 Å². The predicted molar refractivity (Wildman–Crippen MR) is 117 cm³/mol. The minimum absolute atomic E-state index is 0.00545. The van der Waals surface area contributed by atoms with Gasteiger partial charge < -0.3 is 15.0 Å². The van der Waals surface area contributed by atoms with Gasteiger partial charge in [0.2, 0.25) is 5.91 Å². The summed E-state index contributed by atoms with van der Waals surface area (Å²) in [4.78, 5) is 29.6. The molecule has 2 aromatic carbocycles. The van der Waals surface area contributed by atoms with Crippen molar-refractivity contribution in [1.82, 2.24) is 10.2 Å². The number of likely N-dealkylation sites (tertiary alicyclic amines) is 1. The highest BCUT2D eigenvalue weighted by atomic mass is 16.5. The lowest BCUT2D eigenvalue weighted by Crippen LogP contribution is -2.52. The monoisotopic (exact) mass is 407 g/mol. The summed E-state index contributed by atoms with van der Waals surface area (Å²) in [6.07, 6.45) is 1.31. The molecule has 0 radical (unpaired) electrons. The Balaban J connectivity index is 1.34. The van der Waals surface area contributed by atoms with Gasteiger partial charge in [-0.05, 0) is 44.4 Å². The number of fused-ring (bicyclic) bond motifs is 1. The Labute approximate surface area is 177 Å². The summed E-state index contributed by atoms with van der Waals surface area (Å²) in [5.74, 6) is 0.758. The summed E-state index contributed by atoms with van der Waals surface area (Å²) in [7, 11) is 0. The zero-order valence-corrected chi connectivity index (χ0v) is 17.6. The highest BCUT2D eigenvalue weighted by Crippen LogP contribution is 2.34. The maximum Gasteiger partial charge on any atom is 0.324 e. The van der Waals surface area contributed by atoms with E-state index in [0.717, 1.165) is 17.0 Å². The fourth-order valence-corrected chi connectivity index (χ4v) is 4.23. The van der Waals surface area contributed by atoms with E-state index in [1.165, 1.54) is 0 Å². The van der Waals surface area contributed by atoms with E-state index >= 15 is 0 Å². The van der Waals surface area contributed by atoms with Crippen molar-refractivity contribution in [2.75, 3.05) is 24.5 Å². The molecule has 2 aromatic rings. The standard InChI is InChI=1S/C24H29N3O3/c1-17-16-27(21-10-6-7-11-22(21)30-17)24(29)26-14-12-20(13-15-26)23(28)25-18(2)19-8-4-3-5-9-19/h3-11,17-18,20H,12-16H2,1-2H3,(H,25,28)/t17-,18-/m0/s1. The summed E-state index contributed by atoms with van der Waals surface area (Å²) in [6.45, 7) is 5.68. The van der Waals surface area contributed by atoms with Crippen molar-refractivity contribution in [3.8, 4) is 5.75 Å². The van der Waals surface area contributed by atoms with Crippen molar-refractivity contribution < 1.29 is 14.3 Å². The Morgan fingerprint density at radius 3 is 2.43 bits per heavy atom. The maximum absolute atomic E-state index is 13.2. The molecule has 0 aromatic heterocycles. The molecule has 1 fully saturated rings. The summed E-state index contributed by atoms with van der Waals surface area (Å²) in [6, 6.07) is 17.6. The summed E-state index contributed by atoms with van der Waals surface area (Å²) in [5, 5.41) is 3.12. The van der Waals surface area contributed by atoms with Gasteiger partial charge in [-0.15, -0.1) is 0 Å².